The lowest BCUT2D eigenvalue weighted by atomic mass is 9.90. The van der Waals surface area contributed by atoms with Crippen LogP contribution in [0.3, 0.4) is 0 Å². The van der Waals surface area contributed by atoms with Crippen LogP contribution < -0.4 is 4.74 Å². The van der Waals surface area contributed by atoms with E-state index in [-0.39, 0.29) is 17.6 Å². The van der Waals surface area contributed by atoms with Crippen molar-refractivity contribution < 1.29 is 14.6 Å². The van der Waals surface area contributed by atoms with Gasteiger partial charge in [-0.15, -0.1) is 6.58 Å². The van der Waals surface area contributed by atoms with Crippen molar-refractivity contribution in [3.05, 3.63) is 35.9 Å². The zero-order chi connectivity index (χ0) is 14.2. The van der Waals surface area contributed by atoms with Gasteiger partial charge >= 0.3 is 0 Å². The number of rotatable bonds is 5. The summed E-state index contributed by atoms with van der Waals surface area (Å²) < 4.78 is 10.9. The van der Waals surface area contributed by atoms with Crippen molar-refractivity contribution in [1.29, 1.82) is 0 Å². The average Bonchev–Trinajstić information content (AvgIpc) is 2.94. The number of aryl methyl sites for hydroxylation is 1. The van der Waals surface area contributed by atoms with Gasteiger partial charge in [-0.05, 0) is 44.9 Å². The molecule has 2 unspecified atom stereocenters. The lowest BCUT2D eigenvalue weighted by Crippen LogP contribution is -2.08. The topological polar surface area (TPSA) is 42.0 Å². The van der Waals surface area contributed by atoms with E-state index in [9.17, 15) is 5.11 Å². The van der Waals surface area contributed by atoms with Crippen LogP contribution in [-0.4, -0.2) is 23.9 Å². The molecule has 3 heteroatoms. The third-order valence-electron chi connectivity index (χ3n) is 3.86. The van der Waals surface area contributed by atoms with Crippen LogP contribution in [-0.2, 0) is 4.74 Å². The summed E-state index contributed by atoms with van der Waals surface area (Å²) in [7, 11) is 1.64. The highest BCUT2D eigenvalue weighted by atomic mass is 16.6. The van der Waals surface area contributed by atoms with E-state index in [0.717, 1.165) is 23.3 Å². The summed E-state index contributed by atoms with van der Waals surface area (Å²) in [5.74, 6) is 1.15. The molecule has 2 rings (SSSR count). The largest absolute Gasteiger partial charge is 0.508 e. The summed E-state index contributed by atoms with van der Waals surface area (Å²) in [5.41, 5.74) is 1.73. The van der Waals surface area contributed by atoms with Crippen molar-refractivity contribution in [1.82, 2.24) is 0 Å². The van der Waals surface area contributed by atoms with E-state index in [1.165, 1.54) is 0 Å². The highest BCUT2D eigenvalue weighted by molar-refractivity contribution is 5.48. The second-order valence-corrected chi connectivity index (χ2v) is 5.67. The van der Waals surface area contributed by atoms with Gasteiger partial charge in [0.05, 0.1) is 18.8 Å². The quantitative estimate of drug-likeness (QED) is 0.652. The van der Waals surface area contributed by atoms with Crippen molar-refractivity contribution in [2.75, 3.05) is 7.11 Å². The molecule has 19 heavy (non-hydrogen) atoms. The van der Waals surface area contributed by atoms with Crippen LogP contribution in [0.4, 0.5) is 0 Å². The third-order valence-corrected chi connectivity index (χ3v) is 3.86. The van der Waals surface area contributed by atoms with Gasteiger partial charge in [0.15, 0.2) is 0 Å². The molecule has 0 bridgehead atoms. The zero-order valence-corrected chi connectivity index (χ0v) is 12.1. The van der Waals surface area contributed by atoms with Crippen molar-refractivity contribution >= 4 is 0 Å². The first-order valence-corrected chi connectivity index (χ1v) is 6.57. The predicted octanol–water partition coefficient (Wildman–Crippen LogP) is 3.55. The van der Waals surface area contributed by atoms with Crippen molar-refractivity contribution in [2.45, 2.75) is 44.8 Å². The Balaban J connectivity index is 2.25. The molecule has 3 nitrogen and oxygen atoms in total. The van der Waals surface area contributed by atoms with Crippen LogP contribution >= 0.6 is 0 Å². The number of benzene rings is 1. The number of ether oxygens (including phenoxy) is 2. The second kappa shape index (κ2) is 4.89. The van der Waals surface area contributed by atoms with E-state index >= 15 is 0 Å². The highest BCUT2D eigenvalue weighted by Gasteiger charge is 2.48. The van der Waals surface area contributed by atoms with E-state index in [4.69, 9.17) is 9.47 Å². The average molecular weight is 262 g/mol. The maximum Gasteiger partial charge on any atom is 0.122 e. The molecular formula is C16H22O3. The summed E-state index contributed by atoms with van der Waals surface area (Å²) >= 11 is 0. The maximum atomic E-state index is 10.1. The number of hydrogen-bond donors (Lipinski definition) is 1. The summed E-state index contributed by atoms with van der Waals surface area (Å²) in [5, 5.41) is 10.1. The summed E-state index contributed by atoms with van der Waals surface area (Å²) in [6.07, 6.45) is 2.92. The molecule has 1 aliphatic heterocycles. The fourth-order valence-electron chi connectivity index (χ4n) is 2.45. The van der Waals surface area contributed by atoms with Crippen molar-refractivity contribution in [2.24, 2.45) is 0 Å². The molecule has 104 valence electrons. The van der Waals surface area contributed by atoms with Gasteiger partial charge in [0.1, 0.15) is 11.5 Å². The standard InChI is InChI=1S/C16H22O3/c1-6-11(8-15-16(3,4)19-15)12-9-14(18-5)10(2)7-13(12)17/h6-7,9,11,15,17H,1,8H2,2-5H3. The first kappa shape index (κ1) is 13.9. The van der Waals surface area contributed by atoms with E-state index in [1.807, 2.05) is 19.1 Å². The molecule has 1 saturated heterocycles. The summed E-state index contributed by atoms with van der Waals surface area (Å²) in [4.78, 5) is 0. The van der Waals surface area contributed by atoms with Gasteiger partial charge in [-0.2, -0.15) is 0 Å². The van der Waals surface area contributed by atoms with Crippen LogP contribution in [0.15, 0.2) is 24.8 Å². The Hall–Kier alpha value is -1.48. The molecule has 1 fully saturated rings. The molecule has 0 saturated carbocycles. The zero-order valence-electron chi connectivity index (χ0n) is 12.1. The Morgan fingerprint density at radius 3 is 2.63 bits per heavy atom. The Morgan fingerprint density at radius 1 is 1.53 bits per heavy atom. The molecule has 2 atom stereocenters. The number of epoxide rings is 1. The summed E-state index contributed by atoms with van der Waals surface area (Å²) in [6, 6.07) is 3.63. The number of allylic oxidation sites excluding steroid dienone is 1. The molecule has 0 spiro atoms. The molecule has 1 aromatic carbocycles. The minimum atomic E-state index is -0.0499. The van der Waals surface area contributed by atoms with Gasteiger partial charge in [0.2, 0.25) is 0 Å². The molecule has 0 aromatic heterocycles. The lowest BCUT2D eigenvalue weighted by Gasteiger charge is -2.16. The van der Waals surface area contributed by atoms with Gasteiger partial charge in [-0.3, -0.25) is 0 Å². The first-order chi connectivity index (χ1) is 8.89. The maximum absolute atomic E-state index is 10.1. The van der Waals surface area contributed by atoms with Gasteiger partial charge in [-0.25, -0.2) is 0 Å². The molecule has 1 N–H and O–H groups in total. The molecule has 0 radical (unpaired) electrons. The lowest BCUT2D eigenvalue weighted by molar-refractivity contribution is 0.317. The molecule has 0 amide bonds. The van der Waals surface area contributed by atoms with Crippen LogP contribution in [0.5, 0.6) is 11.5 Å². The number of aromatic hydroxyl groups is 1. The van der Waals surface area contributed by atoms with Gasteiger partial charge in [0, 0.05) is 11.5 Å². The van der Waals surface area contributed by atoms with Crippen LogP contribution in [0.2, 0.25) is 0 Å². The summed E-state index contributed by atoms with van der Waals surface area (Å²) in [6.45, 7) is 9.95. The van der Waals surface area contributed by atoms with Crippen LogP contribution in [0, 0.1) is 6.92 Å². The minimum Gasteiger partial charge on any atom is -0.508 e. The Kier molecular flexibility index (Phi) is 3.59. The SMILES string of the molecule is C=CC(CC1OC1(C)C)c1cc(OC)c(C)cc1O. The number of hydrogen-bond acceptors (Lipinski definition) is 3. The Labute approximate surface area is 114 Å². The predicted molar refractivity (Wildman–Crippen MR) is 75.9 cm³/mol. The molecule has 1 aliphatic rings. The van der Waals surface area contributed by atoms with Crippen LogP contribution in [0.25, 0.3) is 0 Å². The molecule has 0 aliphatic carbocycles. The van der Waals surface area contributed by atoms with Gasteiger partial charge in [-0.1, -0.05) is 6.08 Å². The monoisotopic (exact) mass is 262 g/mol. The number of phenolic OH excluding ortho intramolecular Hbond substituents is 1. The normalized spacial score (nSPS) is 21.8. The van der Waals surface area contributed by atoms with Crippen LogP contribution in [0.1, 0.15) is 37.3 Å². The Bertz CT molecular complexity index is 491. The number of phenols is 1. The van der Waals surface area contributed by atoms with E-state index < -0.39 is 0 Å². The first-order valence-electron chi connectivity index (χ1n) is 6.57. The molecule has 1 aromatic rings. The smallest absolute Gasteiger partial charge is 0.122 e. The van der Waals surface area contributed by atoms with Gasteiger partial charge in [0.25, 0.3) is 0 Å². The molecule has 1 heterocycles. The molecular weight excluding hydrogens is 240 g/mol. The van der Waals surface area contributed by atoms with E-state index in [1.54, 1.807) is 13.2 Å². The third kappa shape index (κ3) is 2.76. The van der Waals surface area contributed by atoms with E-state index in [2.05, 4.69) is 20.4 Å². The van der Waals surface area contributed by atoms with E-state index in [0.29, 0.717) is 5.75 Å². The van der Waals surface area contributed by atoms with Crippen molar-refractivity contribution in [3.63, 3.8) is 0 Å². The highest BCUT2D eigenvalue weighted by Crippen LogP contribution is 2.44. The fraction of sp³-hybridized carbons (Fsp3) is 0.500. The fourth-order valence-corrected chi connectivity index (χ4v) is 2.45. The number of methoxy groups -OCH3 is 1. The Morgan fingerprint density at radius 2 is 2.16 bits per heavy atom. The van der Waals surface area contributed by atoms with Gasteiger partial charge < -0.3 is 14.6 Å². The second-order valence-electron chi connectivity index (χ2n) is 5.67. The minimum absolute atomic E-state index is 0.0499. The van der Waals surface area contributed by atoms with Crippen molar-refractivity contribution in [3.8, 4) is 11.5 Å².